The van der Waals surface area contributed by atoms with Crippen LogP contribution >= 0.6 is 27.7 Å². The molecule has 5 heteroatoms. The van der Waals surface area contributed by atoms with E-state index in [0.29, 0.717) is 0 Å². The first-order valence-electron chi connectivity index (χ1n) is 3.91. The highest BCUT2D eigenvalue weighted by atomic mass is 79.9. The number of aromatic nitrogens is 3. The van der Waals surface area contributed by atoms with Gasteiger partial charge in [-0.25, -0.2) is 9.97 Å². The van der Waals surface area contributed by atoms with Crippen molar-refractivity contribution in [2.75, 3.05) is 0 Å². The van der Waals surface area contributed by atoms with Gasteiger partial charge in [0.25, 0.3) is 0 Å². The van der Waals surface area contributed by atoms with E-state index < -0.39 is 0 Å². The fraction of sp³-hybridized carbons (Fsp3) is 0. The van der Waals surface area contributed by atoms with Gasteiger partial charge in [0.2, 0.25) is 0 Å². The summed E-state index contributed by atoms with van der Waals surface area (Å²) in [4.78, 5) is 12.4. The van der Waals surface area contributed by atoms with Crippen LogP contribution in [0, 0.1) is 0 Å². The summed E-state index contributed by atoms with van der Waals surface area (Å²) in [5.41, 5.74) is 0. The molecule has 0 aliphatic rings. The molecule has 0 amide bonds. The van der Waals surface area contributed by atoms with Crippen molar-refractivity contribution in [1.82, 2.24) is 15.0 Å². The summed E-state index contributed by atoms with van der Waals surface area (Å²) < 4.78 is 0.825. The van der Waals surface area contributed by atoms with Gasteiger partial charge < -0.3 is 0 Å². The molecule has 0 spiro atoms. The van der Waals surface area contributed by atoms with E-state index in [0.717, 1.165) is 14.7 Å². The molecule has 0 radical (unpaired) electrons. The average molecular weight is 268 g/mol. The minimum Gasteiger partial charge on any atom is -0.260 e. The molecule has 2 aromatic rings. The molecule has 0 aliphatic carbocycles. The van der Waals surface area contributed by atoms with Crippen LogP contribution < -0.4 is 0 Å². The van der Waals surface area contributed by atoms with Crippen molar-refractivity contribution >= 4 is 27.7 Å². The third-order valence-corrected chi connectivity index (χ3v) is 2.74. The van der Waals surface area contributed by atoms with E-state index >= 15 is 0 Å². The minimum absolute atomic E-state index is 0.825. The van der Waals surface area contributed by atoms with Crippen molar-refractivity contribution in [3.63, 3.8) is 0 Å². The smallest absolute Gasteiger partial charge is 0.121 e. The van der Waals surface area contributed by atoms with Gasteiger partial charge in [-0.15, -0.1) is 0 Å². The van der Waals surface area contributed by atoms with Crippen LogP contribution in [0.25, 0.3) is 0 Å². The lowest BCUT2D eigenvalue weighted by Crippen LogP contribution is -1.83. The molecular weight excluding hydrogens is 262 g/mol. The van der Waals surface area contributed by atoms with E-state index in [9.17, 15) is 0 Å². The first-order chi connectivity index (χ1) is 6.84. The lowest BCUT2D eigenvalue weighted by atomic mass is 10.5. The van der Waals surface area contributed by atoms with Gasteiger partial charge in [0.05, 0.1) is 6.20 Å². The zero-order chi connectivity index (χ0) is 9.80. The van der Waals surface area contributed by atoms with Gasteiger partial charge >= 0.3 is 0 Å². The summed E-state index contributed by atoms with van der Waals surface area (Å²) in [7, 11) is 0. The van der Waals surface area contributed by atoms with Crippen molar-refractivity contribution in [1.29, 1.82) is 0 Å². The Labute approximate surface area is 94.1 Å². The van der Waals surface area contributed by atoms with Gasteiger partial charge in [-0.3, -0.25) is 4.98 Å². The van der Waals surface area contributed by atoms with Gasteiger partial charge in [-0.1, -0.05) is 6.07 Å². The van der Waals surface area contributed by atoms with Crippen molar-refractivity contribution in [3.8, 4) is 0 Å². The second-order valence-electron chi connectivity index (χ2n) is 2.44. The van der Waals surface area contributed by atoms with E-state index in [1.165, 1.54) is 11.8 Å². The zero-order valence-corrected chi connectivity index (χ0v) is 9.49. The van der Waals surface area contributed by atoms with Gasteiger partial charge in [0.15, 0.2) is 0 Å². The predicted molar refractivity (Wildman–Crippen MR) is 58.1 cm³/mol. The standard InChI is InChI=1S/C9H6BrN3S/c10-7-2-1-3-8(13-7)14-9-6-11-4-5-12-9/h1-6H. The number of nitrogens with zero attached hydrogens (tertiary/aromatic N) is 3. The molecule has 14 heavy (non-hydrogen) atoms. The van der Waals surface area contributed by atoms with Crippen molar-refractivity contribution < 1.29 is 0 Å². The largest absolute Gasteiger partial charge is 0.260 e. The topological polar surface area (TPSA) is 38.7 Å². The summed E-state index contributed by atoms with van der Waals surface area (Å²) in [6.07, 6.45) is 5.03. The first-order valence-corrected chi connectivity index (χ1v) is 5.52. The SMILES string of the molecule is Brc1cccc(Sc2cnccn2)n1. The Kier molecular flexibility index (Phi) is 3.10. The lowest BCUT2D eigenvalue weighted by Gasteiger charge is -1.98. The third-order valence-electron chi connectivity index (χ3n) is 1.44. The van der Waals surface area contributed by atoms with Gasteiger partial charge in [-0.2, -0.15) is 0 Å². The van der Waals surface area contributed by atoms with Crippen LogP contribution in [0.15, 0.2) is 51.4 Å². The first kappa shape index (κ1) is 9.61. The molecule has 2 aromatic heterocycles. The average Bonchev–Trinajstić information content (AvgIpc) is 2.19. The van der Waals surface area contributed by atoms with Crippen molar-refractivity contribution in [2.24, 2.45) is 0 Å². The van der Waals surface area contributed by atoms with Crippen LogP contribution in [0.1, 0.15) is 0 Å². The quantitative estimate of drug-likeness (QED) is 0.785. The van der Waals surface area contributed by atoms with E-state index in [2.05, 4.69) is 30.9 Å². The summed E-state index contributed by atoms with van der Waals surface area (Å²) >= 11 is 4.80. The Morgan fingerprint density at radius 3 is 2.79 bits per heavy atom. The summed E-state index contributed by atoms with van der Waals surface area (Å²) in [6, 6.07) is 5.76. The molecule has 0 bridgehead atoms. The van der Waals surface area contributed by atoms with Crippen LogP contribution in [0.4, 0.5) is 0 Å². The minimum atomic E-state index is 0.825. The van der Waals surface area contributed by atoms with E-state index in [-0.39, 0.29) is 0 Å². The fourth-order valence-electron chi connectivity index (χ4n) is 0.892. The van der Waals surface area contributed by atoms with E-state index in [4.69, 9.17) is 0 Å². The Morgan fingerprint density at radius 2 is 2.07 bits per heavy atom. The molecule has 0 fully saturated rings. The summed E-state index contributed by atoms with van der Waals surface area (Å²) in [6.45, 7) is 0. The number of hydrogen-bond donors (Lipinski definition) is 0. The third kappa shape index (κ3) is 2.52. The highest BCUT2D eigenvalue weighted by molar-refractivity contribution is 9.10. The molecule has 3 nitrogen and oxygen atoms in total. The molecule has 0 atom stereocenters. The number of halogens is 1. The Bertz CT molecular complexity index is 421. The van der Waals surface area contributed by atoms with Crippen LogP contribution in [0.5, 0.6) is 0 Å². The van der Waals surface area contributed by atoms with E-state index in [1.807, 2.05) is 18.2 Å². The monoisotopic (exact) mass is 267 g/mol. The molecule has 0 aromatic carbocycles. The van der Waals surface area contributed by atoms with Gasteiger partial charge in [0, 0.05) is 12.4 Å². The van der Waals surface area contributed by atoms with Crippen LogP contribution in [0.3, 0.4) is 0 Å². The molecule has 70 valence electrons. The van der Waals surface area contributed by atoms with Crippen molar-refractivity contribution in [3.05, 3.63) is 41.4 Å². The van der Waals surface area contributed by atoms with E-state index in [1.54, 1.807) is 18.6 Å². The Hall–Kier alpha value is -0.940. The van der Waals surface area contributed by atoms with Crippen LogP contribution in [0.2, 0.25) is 0 Å². The maximum Gasteiger partial charge on any atom is 0.121 e. The number of pyridine rings is 1. The maximum absolute atomic E-state index is 4.28. The number of rotatable bonds is 2. The molecule has 0 N–H and O–H groups in total. The predicted octanol–water partition coefficient (Wildman–Crippen LogP) is 2.79. The highest BCUT2D eigenvalue weighted by Crippen LogP contribution is 2.23. The summed E-state index contributed by atoms with van der Waals surface area (Å²) in [5.74, 6) is 0. The molecular formula is C9H6BrN3S. The zero-order valence-electron chi connectivity index (χ0n) is 7.09. The van der Waals surface area contributed by atoms with Gasteiger partial charge in [0.1, 0.15) is 14.7 Å². The molecule has 2 rings (SSSR count). The Balaban J connectivity index is 2.19. The fourth-order valence-corrected chi connectivity index (χ4v) is 2.08. The molecule has 0 unspecified atom stereocenters. The molecule has 0 aliphatic heterocycles. The maximum atomic E-state index is 4.28. The van der Waals surface area contributed by atoms with Gasteiger partial charge in [-0.05, 0) is 39.8 Å². The second-order valence-corrected chi connectivity index (χ2v) is 4.30. The number of hydrogen-bond acceptors (Lipinski definition) is 4. The highest BCUT2D eigenvalue weighted by Gasteiger charge is 1.99. The summed E-state index contributed by atoms with van der Waals surface area (Å²) in [5, 5.41) is 1.75. The van der Waals surface area contributed by atoms with Crippen LogP contribution in [-0.4, -0.2) is 15.0 Å². The van der Waals surface area contributed by atoms with Crippen molar-refractivity contribution in [2.45, 2.75) is 10.1 Å². The second kappa shape index (κ2) is 4.52. The molecule has 0 saturated carbocycles. The Morgan fingerprint density at radius 1 is 1.14 bits per heavy atom. The van der Waals surface area contributed by atoms with Crippen LogP contribution in [-0.2, 0) is 0 Å². The molecule has 0 saturated heterocycles. The molecule has 2 heterocycles. The normalized spacial score (nSPS) is 10.1. The lowest BCUT2D eigenvalue weighted by molar-refractivity contribution is 1.04.